The second kappa shape index (κ2) is 9.09. The van der Waals surface area contributed by atoms with Crippen molar-refractivity contribution >= 4 is 16.8 Å². The van der Waals surface area contributed by atoms with Gasteiger partial charge >= 0.3 is 0 Å². The van der Waals surface area contributed by atoms with E-state index in [2.05, 4.69) is 10.2 Å². The van der Waals surface area contributed by atoms with Crippen molar-refractivity contribution in [1.29, 1.82) is 0 Å². The van der Waals surface area contributed by atoms with Gasteiger partial charge in [0.1, 0.15) is 11.6 Å². The lowest BCUT2D eigenvalue weighted by atomic mass is 9.95. The minimum absolute atomic E-state index is 0.00800. The van der Waals surface area contributed by atoms with Crippen molar-refractivity contribution in [3.8, 4) is 11.4 Å². The van der Waals surface area contributed by atoms with Crippen LogP contribution in [0.25, 0.3) is 22.3 Å². The van der Waals surface area contributed by atoms with E-state index in [0.717, 1.165) is 62.3 Å². The van der Waals surface area contributed by atoms with Crippen molar-refractivity contribution in [2.75, 3.05) is 13.1 Å². The topological polar surface area (TPSA) is 96.8 Å². The number of hydrogen-bond acceptors (Lipinski definition) is 5. The van der Waals surface area contributed by atoms with Gasteiger partial charge in [-0.3, -0.25) is 19.3 Å². The number of rotatable bonds is 3. The van der Waals surface area contributed by atoms with Gasteiger partial charge < -0.3 is 4.90 Å². The van der Waals surface area contributed by atoms with E-state index in [1.165, 1.54) is 0 Å². The average molecular weight is 469 g/mol. The molecule has 4 aromatic rings. The van der Waals surface area contributed by atoms with Crippen molar-refractivity contribution in [1.82, 2.24) is 29.6 Å². The molecule has 2 aliphatic heterocycles. The number of benzene rings is 2. The summed E-state index contributed by atoms with van der Waals surface area (Å²) in [6.07, 6.45) is 5.63. The molecule has 0 radical (unpaired) electrons. The molecule has 2 aromatic heterocycles. The van der Waals surface area contributed by atoms with Gasteiger partial charge in [-0.25, -0.2) is 9.97 Å². The SMILES string of the molecule is O=C(c1ccc2c(=O)n3c(nc2c1)CCCCC3)N1CCC(c2nc(-c3ccccc3)n[nH]2)CC1. The van der Waals surface area contributed by atoms with Gasteiger partial charge in [0.05, 0.1) is 10.9 Å². The molecule has 1 fully saturated rings. The van der Waals surface area contributed by atoms with Gasteiger partial charge in [-0.1, -0.05) is 36.8 Å². The van der Waals surface area contributed by atoms with Crippen LogP contribution in [0.15, 0.2) is 53.3 Å². The van der Waals surface area contributed by atoms with Gasteiger partial charge in [-0.2, -0.15) is 5.10 Å². The molecule has 6 rings (SSSR count). The van der Waals surface area contributed by atoms with E-state index >= 15 is 0 Å². The Hall–Kier alpha value is -3.81. The Morgan fingerprint density at radius 1 is 0.943 bits per heavy atom. The third kappa shape index (κ3) is 4.13. The summed E-state index contributed by atoms with van der Waals surface area (Å²) in [4.78, 5) is 37.6. The average Bonchev–Trinajstić information content (AvgIpc) is 3.28. The zero-order chi connectivity index (χ0) is 23.8. The highest BCUT2D eigenvalue weighted by Crippen LogP contribution is 2.28. The number of hydrogen-bond donors (Lipinski definition) is 1. The summed E-state index contributed by atoms with van der Waals surface area (Å²) in [6.45, 7) is 2.04. The van der Waals surface area contributed by atoms with E-state index in [4.69, 9.17) is 9.97 Å². The summed E-state index contributed by atoms with van der Waals surface area (Å²) in [7, 11) is 0. The van der Waals surface area contributed by atoms with Crippen molar-refractivity contribution in [2.45, 2.75) is 51.0 Å². The van der Waals surface area contributed by atoms with E-state index in [0.29, 0.717) is 35.4 Å². The smallest absolute Gasteiger partial charge is 0.261 e. The Balaban J connectivity index is 1.17. The minimum Gasteiger partial charge on any atom is -0.339 e. The molecule has 1 N–H and O–H groups in total. The second-order valence-electron chi connectivity index (χ2n) is 9.50. The lowest BCUT2D eigenvalue weighted by Crippen LogP contribution is -2.38. The van der Waals surface area contributed by atoms with Crippen LogP contribution in [-0.4, -0.2) is 48.6 Å². The van der Waals surface area contributed by atoms with E-state index in [9.17, 15) is 9.59 Å². The summed E-state index contributed by atoms with van der Waals surface area (Å²) < 4.78 is 1.81. The molecule has 0 unspecified atom stereocenters. The fraction of sp³-hybridized carbons (Fsp3) is 0.370. The molecule has 35 heavy (non-hydrogen) atoms. The second-order valence-corrected chi connectivity index (χ2v) is 9.50. The summed E-state index contributed by atoms with van der Waals surface area (Å²) in [5.74, 6) is 2.67. The van der Waals surface area contributed by atoms with Crippen LogP contribution >= 0.6 is 0 Å². The molecule has 0 bridgehead atoms. The van der Waals surface area contributed by atoms with Gasteiger partial charge in [0.25, 0.3) is 11.5 Å². The number of likely N-dealkylation sites (tertiary alicyclic amines) is 1. The quantitative estimate of drug-likeness (QED) is 0.491. The standard InChI is InChI=1S/C27H28N6O2/c34-26(20-10-11-21-22(17-20)28-23-9-5-2-6-14-33(23)27(21)35)32-15-12-19(13-16-32)25-29-24(30-31-25)18-7-3-1-4-8-18/h1,3-4,7-8,10-11,17,19H,2,5-6,9,12-16H2,(H,29,30,31). The third-order valence-corrected chi connectivity index (χ3v) is 7.27. The molecule has 0 atom stereocenters. The fourth-order valence-corrected chi connectivity index (χ4v) is 5.26. The summed E-state index contributed by atoms with van der Waals surface area (Å²) >= 11 is 0. The first-order valence-corrected chi connectivity index (χ1v) is 12.5. The zero-order valence-corrected chi connectivity index (χ0v) is 19.6. The Bertz CT molecular complexity index is 1430. The fourth-order valence-electron chi connectivity index (χ4n) is 5.26. The van der Waals surface area contributed by atoms with Crippen LogP contribution in [0.1, 0.15) is 60.0 Å². The lowest BCUT2D eigenvalue weighted by Gasteiger charge is -2.31. The number of H-pyrrole nitrogens is 1. The van der Waals surface area contributed by atoms with Crippen LogP contribution < -0.4 is 5.56 Å². The molecule has 2 aromatic carbocycles. The highest BCUT2D eigenvalue weighted by atomic mass is 16.2. The van der Waals surface area contributed by atoms with Crippen molar-refractivity contribution in [3.63, 3.8) is 0 Å². The lowest BCUT2D eigenvalue weighted by molar-refractivity contribution is 0.0711. The van der Waals surface area contributed by atoms with Gasteiger partial charge in [0.15, 0.2) is 5.82 Å². The first kappa shape index (κ1) is 21.7. The molecule has 0 saturated carbocycles. The Labute approximate surface area is 203 Å². The van der Waals surface area contributed by atoms with Crippen LogP contribution in [0.3, 0.4) is 0 Å². The monoisotopic (exact) mass is 468 g/mol. The van der Waals surface area contributed by atoms with Gasteiger partial charge in [0.2, 0.25) is 0 Å². The van der Waals surface area contributed by atoms with Gasteiger partial charge in [0, 0.05) is 43.1 Å². The van der Waals surface area contributed by atoms with Crippen LogP contribution in [0, 0.1) is 0 Å². The molecule has 1 amide bonds. The summed E-state index contributed by atoms with van der Waals surface area (Å²) in [5.41, 5.74) is 2.21. The number of nitrogens with one attached hydrogen (secondary N) is 1. The molecular formula is C27H28N6O2. The highest BCUT2D eigenvalue weighted by molar-refractivity contribution is 5.97. The predicted octanol–water partition coefficient (Wildman–Crippen LogP) is 3.93. The number of nitrogens with zero attached hydrogens (tertiary/aromatic N) is 5. The van der Waals surface area contributed by atoms with E-state index < -0.39 is 0 Å². The number of aryl methyl sites for hydroxylation is 1. The first-order chi connectivity index (χ1) is 17.2. The molecule has 8 nitrogen and oxygen atoms in total. The van der Waals surface area contributed by atoms with Crippen LogP contribution in [0.5, 0.6) is 0 Å². The van der Waals surface area contributed by atoms with E-state index in [1.54, 1.807) is 18.2 Å². The number of aromatic amines is 1. The number of fused-ring (bicyclic) bond motifs is 2. The molecule has 0 spiro atoms. The third-order valence-electron chi connectivity index (χ3n) is 7.27. The van der Waals surface area contributed by atoms with Crippen molar-refractivity contribution in [2.24, 2.45) is 0 Å². The predicted molar refractivity (Wildman–Crippen MR) is 133 cm³/mol. The maximum Gasteiger partial charge on any atom is 0.261 e. The number of piperidine rings is 1. The van der Waals surface area contributed by atoms with Crippen LogP contribution in [0.4, 0.5) is 0 Å². The molecule has 4 heterocycles. The summed E-state index contributed by atoms with van der Waals surface area (Å²) in [6, 6.07) is 15.3. The van der Waals surface area contributed by atoms with Gasteiger partial charge in [-0.15, -0.1) is 0 Å². The molecule has 8 heteroatoms. The van der Waals surface area contributed by atoms with E-state index in [-0.39, 0.29) is 17.4 Å². The molecular weight excluding hydrogens is 440 g/mol. The zero-order valence-electron chi connectivity index (χ0n) is 19.6. The largest absolute Gasteiger partial charge is 0.339 e. The Morgan fingerprint density at radius 3 is 2.60 bits per heavy atom. The molecule has 0 aliphatic carbocycles. The first-order valence-electron chi connectivity index (χ1n) is 12.5. The maximum atomic E-state index is 13.3. The van der Waals surface area contributed by atoms with Crippen molar-refractivity contribution in [3.05, 3.63) is 76.1 Å². The Morgan fingerprint density at radius 2 is 1.77 bits per heavy atom. The maximum absolute atomic E-state index is 13.3. The van der Waals surface area contributed by atoms with E-state index in [1.807, 2.05) is 39.8 Å². The van der Waals surface area contributed by atoms with Crippen LogP contribution in [-0.2, 0) is 13.0 Å². The minimum atomic E-state index is -0.00950. The number of carbonyl (C=O) groups is 1. The number of aromatic nitrogens is 5. The number of carbonyl (C=O) groups excluding carboxylic acids is 1. The molecule has 2 aliphatic rings. The van der Waals surface area contributed by atoms with Gasteiger partial charge in [-0.05, 0) is 43.9 Å². The number of amides is 1. The van der Waals surface area contributed by atoms with Crippen molar-refractivity contribution < 1.29 is 4.79 Å². The Kier molecular flexibility index (Phi) is 5.64. The normalized spacial score (nSPS) is 16.7. The molecule has 178 valence electrons. The molecule has 1 saturated heterocycles. The summed E-state index contributed by atoms with van der Waals surface area (Å²) in [5, 5.41) is 8.07. The van der Waals surface area contributed by atoms with Crippen LogP contribution in [0.2, 0.25) is 0 Å². The highest BCUT2D eigenvalue weighted by Gasteiger charge is 2.27.